The van der Waals surface area contributed by atoms with Gasteiger partial charge >= 0.3 is 0 Å². The molecule has 1 aliphatic carbocycles. The summed E-state index contributed by atoms with van der Waals surface area (Å²) in [6, 6.07) is 0. The summed E-state index contributed by atoms with van der Waals surface area (Å²) in [5, 5.41) is 1.35. The van der Waals surface area contributed by atoms with E-state index >= 15 is 0 Å². The Morgan fingerprint density at radius 2 is 2.09 bits per heavy atom. The highest BCUT2D eigenvalue weighted by molar-refractivity contribution is 7.19. The van der Waals surface area contributed by atoms with Gasteiger partial charge in [-0.2, -0.15) is 0 Å². The predicted octanol–water partition coefficient (Wildman–Crippen LogP) is 3.61. The zero-order valence-corrected chi connectivity index (χ0v) is 14.9. The number of thiophene rings is 1. The van der Waals surface area contributed by atoms with E-state index in [1.165, 1.54) is 40.9 Å². The van der Waals surface area contributed by atoms with E-state index < -0.39 is 0 Å². The van der Waals surface area contributed by atoms with Crippen LogP contribution in [0.1, 0.15) is 43.0 Å². The summed E-state index contributed by atoms with van der Waals surface area (Å²) >= 11 is 1.91. The second kappa shape index (κ2) is 6.36. The zero-order valence-electron chi connectivity index (χ0n) is 14.1. The van der Waals surface area contributed by atoms with Crippen LogP contribution in [0.15, 0.2) is 0 Å². The van der Waals surface area contributed by atoms with Crippen LogP contribution in [-0.2, 0) is 24.0 Å². The molecule has 0 radical (unpaired) electrons. The quantitative estimate of drug-likeness (QED) is 0.861. The van der Waals surface area contributed by atoms with Crippen molar-refractivity contribution in [1.29, 1.82) is 0 Å². The smallest absolute Gasteiger partial charge is 0.141 e. The van der Waals surface area contributed by atoms with Crippen LogP contribution in [0, 0.1) is 5.92 Å². The molecule has 5 heteroatoms. The molecule has 2 aliphatic rings. The van der Waals surface area contributed by atoms with Crippen LogP contribution >= 0.6 is 11.3 Å². The van der Waals surface area contributed by atoms with Crippen molar-refractivity contribution in [1.82, 2.24) is 9.97 Å². The van der Waals surface area contributed by atoms with Gasteiger partial charge < -0.3 is 9.64 Å². The van der Waals surface area contributed by atoms with Crippen molar-refractivity contribution in [2.45, 2.75) is 46.0 Å². The van der Waals surface area contributed by atoms with E-state index in [0.717, 1.165) is 50.9 Å². The van der Waals surface area contributed by atoms with Crippen molar-refractivity contribution in [2.75, 3.05) is 31.2 Å². The Labute approximate surface area is 141 Å². The highest BCUT2D eigenvalue weighted by atomic mass is 32.1. The molecule has 2 aromatic heterocycles. The normalized spacial score (nSPS) is 21.7. The Morgan fingerprint density at radius 1 is 1.26 bits per heavy atom. The molecule has 0 amide bonds. The van der Waals surface area contributed by atoms with E-state index in [0.29, 0.717) is 0 Å². The van der Waals surface area contributed by atoms with E-state index in [-0.39, 0.29) is 0 Å². The maximum absolute atomic E-state index is 5.54. The number of nitrogens with zero attached hydrogens (tertiary/aromatic N) is 3. The fraction of sp³-hybridized carbons (Fsp3) is 0.667. The molecule has 0 N–H and O–H groups in total. The molecular weight excluding hydrogens is 306 g/mol. The largest absolute Gasteiger partial charge is 0.378 e. The highest BCUT2D eigenvalue weighted by Crippen LogP contribution is 2.41. The number of ether oxygens (including phenoxy) is 1. The van der Waals surface area contributed by atoms with E-state index in [9.17, 15) is 0 Å². The Morgan fingerprint density at radius 3 is 2.87 bits per heavy atom. The molecule has 0 unspecified atom stereocenters. The maximum Gasteiger partial charge on any atom is 0.141 e. The second-order valence-corrected chi connectivity index (χ2v) is 7.93. The summed E-state index contributed by atoms with van der Waals surface area (Å²) in [6.45, 7) is 8.06. The van der Waals surface area contributed by atoms with E-state index in [1.807, 2.05) is 11.3 Å². The minimum Gasteiger partial charge on any atom is -0.378 e. The lowest BCUT2D eigenvalue weighted by Gasteiger charge is -2.29. The van der Waals surface area contributed by atoms with Crippen molar-refractivity contribution in [3.05, 3.63) is 16.3 Å². The van der Waals surface area contributed by atoms with Gasteiger partial charge in [0, 0.05) is 24.4 Å². The lowest BCUT2D eigenvalue weighted by molar-refractivity contribution is 0.122. The van der Waals surface area contributed by atoms with Crippen molar-refractivity contribution in [3.8, 4) is 0 Å². The molecule has 0 aromatic carbocycles. The maximum atomic E-state index is 5.54. The van der Waals surface area contributed by atoms with Gasteiger partial charge in [-0.1, -0.05) is 13.8 Å². The van der Waals surface area contributed by atoms with Gasteiger partial charge in [0.25, 0.3) is 0 Å². The average molecular weight is 331 g/mol. The third-order valence-corrected chi connectivity index (χ3v) is 6.11. The van der Waals surface area contributed by atoms with Gasteiger partial charge in [0.05, 0.1) is 18.6 Å². The van der Waals surface area contributed by atoms with Crippen LogP contribution in [0.4, 0.5) is 5.82 Å². The van der Waals surface area contributed by atoms with Crippen LogP contribution in [0.25, 0.3) is 10.2 Å². The SMILES string of the molecule is CCCc1nc(N2CCOCC2)c2c3c(sc2n1)C[C@@H](C)CC3. The van der Waals surface area contributed by atoms with Gasteiger partial charge in [0.15, 0.2) is 0 Å². The zero-order chi connectivity index (χ0) is 15.8. The predicted molar refractivity (Wildman–Crippen MR) is 95.6 cm³/mol. The van der Waals surface area contributed by atoms with E-state index in [4.69, 9.17) is 14.7 Å². The molecule has 1 fully saturated rings. The van der Waals surface area contributed by atoms with Gasteiger partial charge in [0.1, 0.15) is 16.5 Å². The number of hydrogen-bond donors (Lipinski definition) is 0. The minimum atomic E-state index is 0.797. The summed E-state index contributed by atoms with van der Waals surface area (Å²) in [4.78, 5) is 15.1. The number of aryl methyl sites for hydroxylation is 2. The summed E-state index contributed by atoms with van der Waals surface area (Å²) in [7, 11) is 0. The molecule has 1 atom stereocenters. The van der Waals surface area contributed by atoms with Crippen LogP contribution in [0.5, 0.6) is 0 Å². The van der Waals surface area contributed by atoms with Crippen LogP contribution in [0.2, 0.25) is 0 Å². The fourth-order valence-corrected chi connectivity index (χ4v) is 5.10. The number of fused-ring (bicyclic) bond motifs is 3. The standard InChI is InChI=1S/C18H25N3OS/c1-3-4-15-19-17(21-7-9-22-10-8-21)16-13-6-5-12(2)11-14(13)23-18(16)20-15/h12H,3-11H2,1-2H3/t12-/m0/s1. The lowest BCUT2D eigenvalue weighted by atomic mass is 9.89. The first-order chi connectivity index (χ1) is 11.3. The summed E-state index contributed by atoms with van der Waals surface area (Å²) in [6.07, 6.45) is 5.74. The minimum absolute atomic E-state index is 0.797. The molecular formula is C18H25N3OS. The number of morpholine rings is 1. The topological polar surface area (TPSA) is 38.2 Å². The molecule has 0 bridgehead atoms. The Kier molecular flexibility index (Phi) is 4.24. The van der Waals surface area contributed by atoms with Crippen molar-refractivity contribution < 1.29 is 4.74 Å². The molecule has 1 aliphatic heterocycles. The van der Waals surface area contributed by atoms with Crippen LogP contribution in [-0.4, -0.2) is 36.3 Å². The van der Waals surface area contributed by atoms with Crippen molar-refractivity contribution in [3.63, 3.8) is 0 Å². The number of aromatic nitrogens is 2. The molecule has 0 spiro atoms. The molecule has 4 rings (SSSR count). The van der Waals surface area contributed by atoms with Gasteiger partial charge in [-0.3, -0.25) is 0 Å². The fourth-order valence-electron chi connectivity index (χ4n) is 3.71. The van der Waals surface area contributed by atoms with Gasteiger partial charge in [0.2, 0.25) is 0 Å². The number of rotatable bonds is 3. The molecule has 23 heavy (non-hydrogen) atoms. The first-order valence-corrected chi connectivity index (χ1v) is 9.71. The van der Waals surface area contributed by atoms with E-state index in [2.05, 4.69) is 18.7 Å². The summed E-state index contributed by atoms with van der Waals surface area (Å²) in [5.74, 6) is 2.98. The van der Waals surface area contributed by atoms with Crippen molar-refractivity contribution in [2.24, 2.45) is 5.92 Å². The van der Waals surface area contributed by atoms with Gasteiger partial charge in [-0.15, -0.1) is 11.3 Å². The van der Waals surface area contributed by atoms with Gasteiger partial charge in [-0.25, -0.2) is 9.97 Å². The molecule has 1 saturated heterocycles. The molecule has 3 heterocycles. The summed E-state index contributed by atoms with van der Waals surface area (Å²) < 4.78 is 5.54. The molecule has 0 saturated carbocycles. The first-order valence-electron chi connectivity index (χ1n) is 8.90. The molecule has 4 nitrogen and oxygen atoms in total. The first kappa shape index (κ1) is 15.3. The Hall–Kier alpha value is -1.20. The molecule has 124 valence electrons. The van der Waals surface area contributed by atoms with Crippen LogP contribution in [0.3, 0.4) is 0 Å². The van der Waals surface area contributed by atoms with Gasteiger partial charge in [-0.05, 0) is 37.2 Å². The number of hydrogen-bond acceptors (Lipinski definition) is 5. The van der Waals surface area contributed by atoms with E-state index in [1.54, 1.807) is 4.88 Å². The third-order valence-electron chi connectivity index (χ3n) is 4.97. The second-order valence-electron chi connectivity index (χ2n) is 6.84. The highest BCUT2D eigenvalue weighted by Gasteiger charge is 2.26. The molecule has 2 aromatic rings. The summed E-state index contributed by atoms with van der Waals surface area (Å²) in [5.41, 5.74) is 1.53. The average Bonchev–Trinajstić information content (AvgIpc) is 2.92. The Balaban J connectivity index is 1.86. The third kappa shape index (κ3) is 2.85. The van der Waals surface area contributed by atoms with Crippen molar-refractivity contribution >= 4 is 27.4 Å². The number of anilines is 1. The Bertz CT molecular complexity index is 706. The lowest BCUT2D eigenvalue weighted by Crippen LogP contribution is -2.37. The van der Waals surface area contributed by atoms with Crippen LogP contribution < -0.4 is 4.90 Å². The monoisotopic (exact) mass is 331 g/mol.